The van der Waals surface area contributed by atoms with Crippen molar-refractivity contribution >= 4 is 34.1 Å². The van der Waals surface area contributed by atoms with E-state index in [1.165, 1.54) is 5.56 Å². The van der Waals surface area contributed by atoms with Gasteiger partial charge in [0.1, 0.15) is 5.69 Å². The molecule has 0 aliphatic carbocycles. The topological polar surface area (TPSA) is 54.3 Å². The van der Waals surface area contributed by atoms with Gasteiger partial charge in [-0.15, -0.1) is 0 Å². The van der Waals surface area contributed by atoms with E-state index < -0.39 is 0 Å². The van der Waals surface area contributed by atoms with Gasteiger partial charge in [0, 0.05) is 31.1 Å². The highest BCUT2D eigenvalue weighted by Crippen LogP contribution is 2.37. The molecule has 1 aliphatic rings. The van der Waals surface area contributed by atoms with E-state index >= 15 is 0 Å². The van der Waals surface area contributed by atoms with Gasteiger partial charge >= 0.3 is 0 Å². The van der Waals surface area contributed by atoms with Crippen LogP contribution in [0.1, 0.15) is 40.0 Å². The van der Waals surface area contributed by atoms with E-state index in [1.54, 1.807) is 4.90 Å². The van der Waals surface area contributed by atoms with Crippen molar-refractivity contribution in [2.24, 2.45) is 7.05 Å². The van der Waals surface area contributed by atoms with Crippen molar-refractivity contribution in [3.8, 4) is 0 Å². The molecule has 1 aliphatic heterocycles. The van der Waals surface area contributed by atoms with Crippen LogP contribution in [0.15, 0.2) is 36.4 Å². The number of aryl methyl sites for hydroxylation is 4. The number of rotatable bonds is 3. The molecule has 2 amide bonds. The molecular weight excluding hydrogens is 350 g/mol. The zero-order chi connectivity index (χ0) is 20.0. The van der Waals surface area contributed by atoms with Crippen LogP contribution in [-0.4, -0.2) is 22.9 Å². The fourth-order valence-electron chi connectivity index (χ4n) is 3.97. The van der Waals surface area contributed by atoms with Crippen LogP contribution in [0.3, 0.4) is 0 Å². The van der Waals surface area contributed by atoms with Crippen LogP contribution in [0.5, 0.6) is 0 Å². The van der Waals surface area contributed by atoms with Crippen molar-refractivity contribution in [1.82, 2.24) is 4.57 Å². The minimum Gasteiger partial charge on any atom is -0.338 e. The Bertz CT molecular complexity index is 1110. The van der Waals surface area contributed by atoms with Gasteiger partial charge in [-0.05, 0) is 62.6 Å². The van der Waals surface area contributed by atoms with Gasteiger partial charge in [-0.2, -0.15) is 0 Å². The fraction of sp³-hybridized carbons (Fsp3) is 0.304. The summed E-state index contributed by atoms with van der Waals surface area (Å²) in [5.74, 6) is -0.122. The molecule has 3 aromatic rings. The normalized spacial score (nSPS) is 14.1. The third-order valence-corrected chi connectivity index (χ3v) is 5.65. The Morgan fingerprint density at radius 3 is 2.50 bits per heavy atom. The maximum absolute atomic E-state index is 13.3. The quantitative estimate of drug-likeness (QED) is 0.734. The Balaban J connectivity index is 1.85. The summed E-state index contributed by atoms with van der Waals surface area (Å²) >= 11 is 0. The van der Waals surface area contributed by atoms with E-state index in [0.717, 1.165) is 39.8 Å². The summed E-state index contributed by atoms with van der Waals surface area (Å²) in [7, 11) is 1.89. The Labute approximate surface area is 165 Å². The van der Waals surface area contributed by atoms with Crippen molar-refractivity contribution in [2.75, 3.05) is 16.8 Å². The molecule has 5 nitrogen and oxygen atoms in total. The monoisotopic (exact) mass is 375 g/mol. The van der Waals surface area contributed by atoms with Crippen LogP contribution in [0.2, 0.25) is 0 Å². The number of hydrogen-bond acceptors (Lipinski definition) is 2. The summed E-state index contributed by atoms with van der Waals surface area (Å²) in [6.07, 6.45) is 1.35. The van der Waals surface area contributed by atoms with E-state index in [4.69, 9.17) is 0 Å². The first-order valence-electron chi connectivity index (χ1n) is 9.65. The fourth-order valence-corrected chi connectivity index (χ4v) is 3.97. The predicted octanol–water partition coefficient (Wildman–Crippen LogP) is 4.48. The van der Waals surface area contributed by atoms with Crippen molar-refractivity contribution in [3.05, 3.63) is 58.8 Å². The van der Waals surface area contributed by atoms with Gasteiger partial charge in [0.2, 0.25) is 5.91 Å². The Hall–Kier alpha value is -3.08. The van der Waals surface area contributed by atoms with E-state index in [-0.39, 0.29) is 11.8 Å². The molecule has 0 unspecified atom stereocenters. The summed E-state index contributed by atoms with van der Waals surface area (Å²) < 4.78 is 1.89. The predicted molar refractivity (Wildman–Crippen MR) is 113 cm³/mol. The highest BCUT2D eigenvalue weighted by atomic mass is 16.2. The minimum atomic E-state index is -0.200. The lowest BCUT2D eigenvalue weighted by molar-refractivity contribution is -0.117. The average Bonchev–Trinajstić information content (AvgIpc) is 3.18. The second-order valence-electron chi connectivity index (χ2n) is 7.68. The van der Waals surface area contributed by atoms with Crippen LogP contribution in [0, 0.1) is 20.8 Å². The second kappa shape index (κ2) is 6.82. The molecule has 4 rings (SSSR count). The molecule has 2 heterocycles. The van der Waals surface area contributed by atoms with Crippen molar-refractivity contribution in [1.29, 1.82) is 0 Å². The zero-order valence-electron chi connectivity index (χ0n) is 16.8. The highest BCUT2D eigenvalue weighted by Gasteiger charge is 2.31. The van der Waals surface area contributed by atoms with Crippen LogP contribution in [0.25, 0.3) is 10.9 Å². The van der Waals surface area contributed by atoms with Gasteiger partial charge in [0.05, 0.1) is 11.2 Å². The first-order valence-corrected chi connectivity index (χ1v) is 9.65. The molecule has 0 radical (unpaired) electrons. The van der Waals surface area contributed by atoms with Gasteiger partial charge in [-0.1, -0.05) is 17.7 Å². The van der Waals surface area contributed by atoms with Gasteiger partial charge in [0.15, 0.2) is 0 Å². The molecule has 0 saturated carbocycles. The third-order valence-electron chi connectivity index (χ3n) is 5.65. The van der Waals surface area contributed by atoms with E-state index in [1.807, 2.05) is 62.7 Å². The molecule has 0 atom stereocenters. The molecule has 1 N–H and O–H groups in total. The number of anilines is 2. The highest BCUT2D eigenvalue weighted by molar-refractivity contribution is 6.17. The molecule has 5 heteroatoms. The number of amides is 2. The minimum absolute atomic E-state index is 0.0780. The smallest absolute Gasteiger partial charge is 0.274 e. The first kappa shape index (κ1) is 18.3. The Kier molecular flexibility index (Phi) is 4.46. The van der Waals surface area contributed by atoms with Crippen molar-refractivity contribution in [3.63, 3.8) is 0 Å². The molecule has 1 fully saturated rings. The van der Waals surface area contributed by atoms with Crippen molar-refractivity contribution < 1.29 is 9.59 Å². The van der Waals surface area contributed by atoms with E-state index in [2.05, 4.69) is 11.4 Å². The summed E-state index contributed by atoms with van der Waals surface area (Å²) in [6.45, 7) is 6.75. The van der Waals surface area contributed by atoms with Crippen LogP contribution in [0.4, 0.5) is 11.4 Å². The van der Waals surface area contributed by atoms with Crippen LogP contribution < -0.4 is 10.2 Å². The maximum atomic E-state index is 13.3. The molecule has 28 heavy (non-hydrogen) atoms. The number of nitrogens with one attached hydrogen (secondary N) is 1. The van der Waals surface area contributed by atoms with Crippen LogP contribution in [-0.2, 0) is 11.8 Å². The molecular formula is C23H25N3O2. The lowest BCUT2D eigenvalue weighted by Crippen LogP contribution is -2.27. The number of aromatic nitrogens is 1. The zero-order valence-corrected chi connectivity index (χ0v) is 16.8. The number of benzene rings is 2. The Morgan fingerprint density at radius 2 is 1.82 bits per heavy atom. The van der Waals surface area contributed by atoms with E-state index in [9.17, 15) is 9.59 Å². The van der Waals surface area contributed by atoms with Crippen LogP contribution >= 0.6 is 0 Å². The van der Waals surface area contributed by atoms with E-state index in [0.29, 0.717) is 18.7 Å². The average molecular weight is 375 g/mol. The third kappa shape index (κ3) is 2.97. The second-order valence-corrected chi connectivity index (χ2v) is 7.68. The Morgan fingerprint density at radius 1 is 1.04 bits per heavy atom. The van der Waals surface area contributed by atoms with Crippen molar-refractivity contribution in [2.45, 2.75) is 33.6 Å². The largest absolute Gasteiger partial charge is 0.338 e. The summed E-state index contributed by atoms with van der Waals surface area (Å²) in [6, 6.07) is 12.0. The summed E-state index contributed by atoms with van der Waals surface area (Å²) in [5.41, 5.74) is 6.37. The molecule has 0 bridgehead atoms. The summed E-state index contributed by atoms with van der Waals surface area (Å²) in [4.78, 5) is 27.6. The van der Waals surface area contributed by atoms with Gasteiger partial charge in [0.25, 0.3) is 5.91 Å². The SMILES string of the molecule is Cc1ccc2c(c1)c(N1CCCC1=O)c(C(=O)Nc1ccc(C)c(C)c1)n2C. The number of carbonyl (C=O) groups is 2. The molecule has 144 valence electrons. The standard InChI is InChI=1S/C23H25N3O2/c1-14-7-10-19-18(12-14)21(26-11-5-6-20(26)27)22(25(19)4)23(28)24-17-9-8-15(2)16(3)13-17/h7-10,12-13H,5-6,11H2,1-4H3,(H,24,28). The lowest BCUT2D eigenvalue weighted by atomic mass is 10.1. The number of fused-ring (bicyclic) bond motifs is 1. The van der Waals surface area contributed by atoms with Gasteiger partial charge < -0.3 is 14.8 Å². The number of nitrogens with zero attached hydrogens (tertiary/aromatic N) is 2. The molecule has 1 aromatic heterocycles. The molecule has 2 aromatic carbocycles. The number of hydrogen-bond donors (Lipinski definition) is 1. The number of carbonyl (C=O) groups excluding carboxylic acids is 2. The molecule has 0 spiro atoms. The first-order chi connectivity index (χ1) is 13.4. The lowest BCUT2D eigenvalue weighted by Gasteiger charge is -2.18. The van der Waals surface area contributed by atoms with Gasteiger partial charge in [-0.3, -0.25) is 9.59 Å². The molecule has 1 saturated heterocycles. The summed E-state index contributed by atoms with van der Waals surface area (Å²) in [5, 5.41) is 3.97. The van der Waals surface area contributed by atoms with Gasteiger partial charge in [-0.25, -0.2) is 0 Å². The maximum Gasteiger partial charge on any atom is 0.274 e.